The van der Waals surface area contributed by atoms with Gasteiger partial charge in [0.2, 0.25) is 11.7 Å². The van der Waals surface area contributed by atoms with Crippen LogP contribution in [0.4, 0.5) is 0 Å². The van der Waals surface area contributed by atoms with Gasteiger partial charge in [0.25, 0.3) is 20.1 Å². The number of benzene rings is 3. The fourth-order valence-electron chi connectivity index (χ4n) is 6.75. The number of ether oxygens (including phenoxy) is 3. The van der Waals surface area contributed by atoms with Crippen molar-refractivity contribution in [1.82, 2.24) is 0 Å². The van der Waals surface area contributed by atoms with Gasteiger partial charge >= 0.3 is 0 Å². The lowest BCUT2D eigenvalue weighted by Crippen LogP contribution is -2.48. The van der Waals surface area contributed by atoms with E-state index in [2.05, 4.69) is 38.3 Å². The van der Waals surface area contributed by atoms with Crippen molar-refractivity contribution in [1.29, 1.82) is 0 Å². The molecule has 274 valence electrons. The van der Waals surface area contributed by atoms with E-state index < -0.39 is 51.9 Å². The summed E-state index contributed by atoms with van der Waals surface area (Å²) >= 11 is 0. The summed E-state index contributed by atoms with van der Waals surface area (Å²) in [6, 6.07) is 18.6. The van der Waals surface area contributed by atoms with Crippen LogP contribution in [-0.2, 0) is 38.2 Å². The minimum absolute atomic E-state index is 0.00408. The van der Waals surface area contributed by atoms with E-state index in [1.165, 1.54) is 24.3 Å². The average Bonchev–Trinajstić information content (AvgIpc) is 3.50. The van der Waals surface area contributed by atoms with Crippen LogP contribution in [0.2, 0.25) is 18.1 Å². The van der Waals surface area contributed by atoms with Crippen LogP contribution in [-0.4, -0.2) is 56.2 Å². The Bertz CT molecular complexity index is 2100. The van der Waals surface area contributed by atoms with Crippen molar-refractivity contribution in [2.45, 2.75) is 106 Å². The Morgan fingerprint density at radius 3 is 2.12 bits per heavy atom. The van der Waals surface area contributed by atoms with Gasteiger partial charge in [0.1, 0.15) is 11.4 Å². The number of nitrogens with zero attached hydrogens (tertiary/aromatic N) is 1. The molecule has 2 aliphatic heterocycles. The number of aryl methyl sites for hydroxylation is 2. The van der Waals surface area contributed by atoms with Crippen molar-refractivity contribution in [3.05, 3.63) is 101 Å². The molecule has 0 saturated carbocycles. The maximum atomic E-state index is 13.7. The molecule has 4 atom stereocenters. The number of rotatable bonds is 10. The van der Waals surface area contributed by atoms with Gasteiger partial charge in [-0.15, -0.1) is 4.40 Å². The fraction of sp³-hybridized carbons (Fsp3) is 0.447. The quantitative estimate of drug-likeness (QED) is 0.150. The molecule has 13 heteroatoms. The zero-order valence-electron chi connectivity index (χ0n) is 30.6. The third-order valence-corrected chi connectivity index (χ3v) is 17.6. The van der Waals surface area contributed by atoms with Crippen LogP contribution in [0.1, 0.15) is 74.8 Å². The topological polar surface area (TPSA) is 127 Å². The van der Waals surface area contributed by atoms with Crippen LogP contribution in [0.3, 0.4) is 0 Å². The Kier molecular flexibility index (Phi) is 9.51. The minimum Gasteiger partial charge on any atom is -0.496 e. The van der Waals surface area contributed by atoms with E-state index in [1.54, 1.807) is 37.5 Å². The van der Waals surface area contributed by atoms with Gasteiger partial charge in [0.05, 0.1) is 35.5 Å². The second-order valence-corrected chi connectivity index (χ2v) is 23.4. The van der Waals surface area contributed by atoms with E-state index in [4.69, 9.17) is 22.8 Å². The molecule has 51 heavy (non-hydrogen) atoms. The molecule has 0 amide bonds. The first-order chi connectivity index (χ1) is 23.7. The van der Waals surface area contributed by atoms with E-state index in [-0.39, 0.29) is 33.8 Å². The summed E-state index contributed by atoms with van der Waals surface area (Å²) in [4.78, 5) is 0.0185. The molecule has 3 aliphatic rings. The summed E-state index contributed by atoms with van der Waals surface area (Å²) in [7, 11) is -9.07. The minimum atomic E-state index is -4.24. The van der Waals surface area contributed by atoms with Crippen molar-refractivity contribution in [3.63, 3.8) is 0 Å². The molecule has 2 bridgehead atoms. The van der Waals surface area contributed by atoms with Crippen molar-refractivity contribution in [3.8, 4) is 5.75 Å². The molecule has 1 spiro atoms. The molecule has 3 aromatic carbocycles. The van der Waals surface area contributed by atoms with Gasteiger partial charge in [-0.25, -0.2) is 0 Å². The van der Waals surface area contributed by atoms with Gasteiger partial charge in [-0.05, 0) is 87.3 Å². The SMILES string of the molecule is COc1cccc2c1[C@@H]1C[C@@](C)(O[C@]13C=C(CCOS(=O)(=O)c1ccc(C)cc1)/C(=N\S(=O)(=O)c1ccc(C)cc1)O3)[C@@H]2O[Si](C)(C)C(C)(C)C. The first kappa shape index (κ1) is 37.4. The smallest absolute Gasteiger partial charge is 0.296 e. The molecule has 3 aromatic rings. The lowest BCUT2D eigenvalue weighted by molar-refractivity contribution is -0.200. The molecule has 1 fully saturated rings. The van der Waals surface area contributed by atoms with Gasteiger partial charge in [-0.1, -0.05) is 68.3 Å². The highest BCUT2D eigenvalue weighted by Gasteiger charge is 2.66. The van der Waals surface area contributed by atoms with E-state index in [9.17, 15) is 16.8 Å². The van der Waals surface area contributed by atoms with Gasteiger partial charge < -0.3 is 18.6 Å². The Hall–Kier alpha value is -3.33. The van der Waals surface area contributed by atoms with E-state index >= 15 is 0 Å². The maximum Gasteiger partial charge on any atom is 0.296 e. The molecule has 0 aromatic heterocycles. The van der Waals surface area contributed by atoms with Crippen LogP contribution in [0.25, 0.3) is 0 Å². The Morgan fingerprint density at radius 2 is 1.53 bits per heavy atom. The summed E-state index contributed by atoms with van der Waals surface area (Å²) < 4.78 is 89.8. The Labute approximate surface area is 303 Å². The van der Waals surface area contributed by atoms with Crippen LogP contribution in [0.15, 0.2) is 92.6 Å². The number of sulfonamides is 1. The monoisotopic (exact) mass is 753 g/mol. The van der Waals surface area contributed by atoms with E-state index in [0.717, 1.165) is 22.3 Å². The fourth-order valence-corrected chi connectivity index (χ4v) is 9.94. The van der Waals surface area contributed by atoms with Crippen LogP contribution >= 0.6 is 0 Å². The largest absolute Gasteiger partial charge is 0.496 e. The van der Waals surface area contributed by atoms with Crippen molar-refractivity contribution >= 4 is 34.4 Å². The number of hydrogen-bond acceptors (Lipinski definition) is 9. The van der Waals surface area contributed by atoms with Crippen molar-refractivity contribution < 1.29 is 39.7 Å². The highest BCUT2D eigenvalue weighted by molar-refractivity contribution is 7.90. The summed E-state index contributed by atoms with van der Waals surface area (Å²) in [5.41, 5.74) is 3.06. The second-order valence-electron chi connectivity index (χ2n) is 15.4. The maximum absolute atomic E-state index is 13.7. The van der Waals surface area contributed by atoms with Crippen LogP contribution in [0, 0.1) is 13.8 Å². The number of methoxy groups -OCH3 is 1. The third-order valence-electron chi connectivity index (χ3n) is 10.6. The third kappa shape index (κ3) is 6.96. The van der Waals surface area contributed by atoms with Gasteiger partial charge in [-0.2, -0.15) is 16.8 Å². The first-order valence-electron chi connectivity index (χ1n) is 17.0. The van der Waals surface area contributed by atoms with Crippen LogP contribution < -0.4 is 4.74 Å². The summed E-state index contributed by atoms with van der Waals surface area (Å²) in [5, 5.41) is -0.0878. The highest BCUT2D eigenvalue weighted by atomic mass is 32.2. The van der Waals surface area contributed by atoms with Crippen LogP contribution in [0.5, 0.6) is 5.75 Å². The molecule has 0 radical (unpaired) electrons. The normalized spacial score (nSPS) is 25.5. The predicted molar refractivity (Wildman–Crippen MR) is 197 cm³/mol. The van der Waals surface area contributed by atoms with Crippen molar-refractivity contribution in [2.75, 3.05) is 13.7 Å². The molecule has 10 nitrogen and oxygen atoms in total. The molecule has 0 unspecified atom stereocenters. The Balaban J connectivity index is 1.43. The molecule has 2 heterocycles. The lowest BCUT2D eigenvalue weighted by Gasteiger charge is -2.45. The highest BCUT2D eigenvalue weighted by Crippen LogP contribution is 2.64. The zero-order chi connectivity index (χ0) is 37.2. The van der Waals surface area contributed by atoms with E-state index in [1.807, 2.05) is 39.0 Å². The summed E-state index contributed by atoms with van der Waals surface area (Å²) in [5.74, 6) is -1.47. The molecule has 1 aliphatic carbocycles. The molecule has 0 N–H and O–H groups in total. The van der Waals surface area contributed by atoms with Gasteiger partial charge in [-0.3, -0.25) is 4.18 Å². The standard InChI is InChI=1S/C38H47NO9S2Si/c1-25-13-17-28(18-14-25)49(40,41)39-35-27(21-22-45-50(42,43)29-19-15-26(2)16-20-29)23-38(46-35)31-24-37(6,48-38)34(47-51(8,9)36(3,4)5)30-11-10-12-32(44-7)33(30)31/h10-20,23,31,34H,21-22,24H2,1-9H3/b39-35+/t31-,34+,37+,38+/m0/s1. The zero-order valence-corrected chi connectivity index (χ0v) is 33.3. The lowest BCUT2D eigenvalue weighted by atomic mass is 9.73. The van der Waals surface area contributed by atoms with Crippen molar-refractivity contribution in [2.24, 2.45) is 4.40 Å². The number of hydrogen-bond donors (Lipinski definition) is 0. The van der Waals surface area contributed by atoms with Gasteiger partial charge in [0.15, 0.2) is 8.32 Å². The molecular weight excluding hydrogens is 707 g/mol. The second kappa shape index (κ2) is 13.0. The first-order valence-corrected chi connectivity index (χ1v) is 22.8. The summed E-state index contributed by atoms with van der Waals surface area (Å²) in [6.45, 7) is 16.4. The van der Waals surface area contributed by atoms with E-state index in [0.29, 0.717) is 17.7 Å². The molecule has 6 rings (SSSR count). The molecular formula is C38H47NO9S2Si. The molecule has 1 saturated heterocycles. The predicted octanol–water partition coefficient (Wildman–Crippen LogP) is 7.89. The number of fused-ring (bicyclic) bond motifs is 5. The van der Waals surface area contributed by atoms with Gasteiger partial charge in [0, 0.05) is 17.6 Å². The summed E-state index contributed by atoms with van der Waals surface area (Å²) in [6.07, 6.45) is 1.73. The Morgan fingerprint density at radius 1 is 0.922 bits per heavy atom. The average molecular weight is 754 g/mol.